The fourth-order valence-electron chi connectivity index (χ4n) is 0. The van der Waals surface area contributed by atoms with Crippen LogP contribution in [0.4, 0.5) is 0 Å². The van der Waals surface area contributed by atoms with E-state index in [1.54, 1.807) is 0 Å². The average Bonchev–Trinajstić information content (AvgIpc) is 1.00. The van der Waals surface area contributed by atoms with E-state index in [1.807, 2.05) is 0 Å². The topological polar surface area (TPSA) is 40.9 Å². The van der Waals surface area contributed by atoms with Crippen LogP contribution in [-0.4, -0.2) is 84.6 Å². The van der Waals surface area contributed by atoms with Gasteiger partial charge in [-0.2, -0.15) is 4.91 Å². The summed E-state index contributed by atoms with van der Waals surface area (Å²) in [5.74, 6) is 0. The fourth-order valence-corrected chi connectivity index (χ4v) is 0. The Morgan fingerprint density at radius 2 is 1.20 bits per heavy atom. The molecule has 1 N–H and O–H groups in total. The second kappa shape index (κ2) is 35.2. The molecule has 2 nitrogen and oxygen atoms in total. The number of nitrogens with one attached hydrogen (secondary N) is 1. The van der Waals surface area contributed by atoms with Gasteiger partial charge in [0.05, 0.1) is 0 Å². The van der Waals surface area contributed by atoms with E-state index < -0.39 is 0 Å². The molecule has 0 aromatic heterocycles. The number of nitroso groups, excluding NO2 is 1. The Labute approximate surface area is 93.0 Å². The summed E-state index contributed by atoms with van der Waals surface area (Å²) in [6.45, 7) is 0. The summed E-state index contributed by atoms with van der Waals surface area (Å²) in [7, 11) is 0. The molecule has 9 radical (unpaired) electrons. The molecule has 0 spiro atoms. The molecular formula is HBBaNOPb. The third kappa shape index (κ3) is 22.9. The number of hydrogen-bond donors (Lipinski definition) is 1. The molecule has 0 aromatic carbocycles. The molecule has 0 heterocycles. The molecule has 0 amide bonds. The molecule has 0 saturated heterocycles. The van der Waals surface area contributed by atoms with Gasteiger partial charge in [-0.25, -0.2) is 0 Å². The quantitative estimate of drug-likeness (QED) is 0.430. The zero-order chi connectivity index (χ0) is 2.00. The molecule has 0 aliphatic heterocycles. The maximum Gasteiger partial charge on any atom is 0 e. The maximum absolute atomic E-state index is 7.50. The van der Waals surface area contributed by atoms with Crippen molar-refractivity contribution in [1.82, 2.24) is 0 Å². The largest absolute Gasteiger partial charge is 0.154 e. The van der Waals surface area contributed by atoms with Crippen molar-refractivity contribution in [1.29, 1.82) is 5.59 Å². The number of rotatable bonds is 0. The van der Waals surface area contributed by atoms with Crippen molar-refractivity contribution in [3.05, 3.63) is 4.91 Å². The summed E-state index contributed by atoms with van der Waals surface area (Å²) in [5.41, 5.74) is 4.50. The molecule has 0 aliphatic carbocycles. The van der Waals surface area contributed by atoms with Crippen molar-refractivity contribution in [2.24, 2.45) is 0 Å². The minimum atomic E-state index is 0. The third-order valence-corrected chi connectivity index (χ3v) is 0. The molecule has 0 aromatic rings. The molecule has 0 saturated carbocycles. The molecular weight excluding hydrogens is 385 g/mol. The van der Waals surface area contributed by atoms with E-state index in [2.05, 4.69) is 5.59 Å². The molecule has 0 aliphatic rings. The van der Waals surface area contributed by atoms with Gasteiger partial charge < -0.3 is 0 Å². The van der Waals surface area contributed by atoms with E-state index in [-0.39, 0.29) is 84.6 Å². The summed E-state index contributed by atoms with van der Waals surface area (Å²) in [6, 6.07) is 0. The van der Waals surface area contributed by atoms with Crippen LogP contribution in [0.3, 0.4) is 0 Å². The van der Waals surface area contributed by atoms with Crippen LogP contribution in [0.2, 0.25) is 0 Å². The van der Waals surface area contributed by atoms with Gasteiger partial charge in [0.15, 0.2) is 0 Å². The molecule has 5 heteroatoms. The van der Waals surface area contributed by atoms with E-state index in [0.717, 1.165) is 0 Å². The second-order valence-corrected chi connectivity index (χ2v) is 0. The van der Waals surface area contributed by atoms with Gasteiger partial charge >= 0.3 is 0 Å². The van der Waals surface area contributed by atoms with Crippen LogP contribution in [0.1, 0.15) is 0 Å². The molecule has 0 rings (SSSR count). The monoisotopic (exact) mass is 388 g/mol. The molecule has 0 fully saturated rings. The first-order chi connectivity index (χ1) is 1.00. The van der Waals surface area contributed by atoms with Crippen LogP contribution >= 0.6 is 0 Å². The predicted molar refractivity (Wildman–Crippen MR) is 23.3 cm³/mol. The van der Waals surface area contributed by atoms with Crippen molar-refractivity contribution >= 4 is 84.6 Å². The van der Waals surface area contributed by atoms with E-state index in [4.69, 9.17) is 4.91 Å². The summed E-state index contributed by atoms with van der Waals surface area (Å²) >= 11 is 0. The molecule has 0 unspecified atom stereocenters. The third-order valence-electron chi connectivity index (χ3n) is 0. The summed E-state index contributed by atoms with van der Waals surface area (Å²) < 4.78 is 0. The van der Waals surface area contributed by atoms with Gasteiger partial charge in [-0.15, -0.1) is 0 Å². The Bertz CT molecular complexity index is 11.6. The summed E-state index contributed by atoms with van der Waals surface area (Å²) in [6.07, 6.45) is 0. The molecule has 21 valence electrons. The van der Waals surface area contributed by atoms with Crippen LogP contribution in [0, 0.1) is 10.5 Å². The van der Waals surface area contributed by atoms with Crippen molar-refractivity contribution in [3.63, 3.8) is 0 Å². The van der Waals surface area contributed by atoms with Crippen molar-refractivity contribution in [3.8, 4) is 0 Å². The minimum Gasteiger partial charge on any atom is -0.154 e. The SMILES string of the molecule is N=O.[B].[Ba].[Pb]. The van der Waals surface area contributed by atoms with Crippen molar-refractivity contribution in [2.75, 3.05) is 0 Å². The average molecular weight is 386 g/mol. The zero-order valence-corrected chi connectivity index (χ0v) is 11.0. The van der Waals surface area contributed by atoms with E-state index in [0.29, 0.717) is 0 Å². The summed E-state index contributed by atoms with van der Waals surface area (Å²) in [5, 5.41) is 0. The van der Waals surface area contributed by atoms with Gasteiger partial charge in [0.2, 0.25) is 0 Å². The zero-order valence-electron chi connectivity index (χ0n) is 2.69. The predicted octanol–water partition coefficient (Wildman–Crippen LogP) is -0.811. The van der Waals surface area contributed by atoms with Gasteiger partial charge in [0.1, 0.15) is 0 Å². The van der Waals surface area contributed by atoms with Gasteiger partial charge in [-0.1, -0.05) is 5.59 Å². The van der Waals surface area contributed by atoms with Gasteiger partial charge in [-0.05, 0) is 0 Å². The van der Waals surface area contributed by atoms with Gasteiger partial charge in [0, 0.05) is 84.6 Å². The van der Waals surface area contributed by atoms with Crippen molar-refractivity contribution < 1.29 is 0 Å². The Kier molecular flexibility index (Phi) is 191. The van der Waals surface area contributed by atoms with E-state index >= 15 is 0 Å². The standard InChI is InChI=1S/B.Ba.HNO.Pb/c;;1-2;/h;;1H;. The van der Waals surface area contributed by atoms with E-state index in [1.165, 1.54) is 0 Å². The van der Waals surface area contributed by atoms with Gasteiger partial charge in [-0.3, -0.25) is 0 Å². The first-order valence-electron chi connectivity index (χ1n) is 0.204. The molecule has 0 bridgehead atoms. The molecule has 0 atom stereocenters. The van der Waals surface area contributed by atoms with Crippen LogP contribution < -0.4 is 0 Å². The Hall–Kier alpha value is 2.16. The summed E-state index contributed by atoms with van der Waals surface area (Å²) in [4.78, 5) is 7.50. The van der Waals surface area contributed by atoms with E-state index in [9.17, 15) is 0 Å². The molecule has 5 heavy (non-hydrogen) atoms. The maximum atomic E-state index is 7.50. The van der Waals surface area contributed by atoms with Crippen LogP contribution in [0.5, 0.6) is 0 Å². The van der Waals surface area contributed by atoms with Crippen LogP contribution in [0.15, 0.2) is 0 Å². The van der Waals surface area contributed by atoms with Crippen LogP contribution in [0.25, 0.3) is 0 Å². The Morgan fingerprint density at radius 1 is 1.20 bits per heavy atom. The normalized spacial score (nSPS) is 0.800. The Balaban J connectivity index is -0.00000000167. The minimum absolute atomic E-state index is 0. The Morgan fingerprint density at radius 3 is 1.20 bits per heavy atom. The van der Waals surface area contributed by atoms with Crippen molar-refractivity contribution in [2.45, 2.75) is 0 Å². The van der Waals surface area contributed by atoms with Gasteiger partial charge in [0.25, 0.3) is 0 Å². The first-order valence-corrected chi connectivity index (χ1v) is 0.204. The smallest absolute Gasteiger partial charge is 0 e. The second-order valence-electron chi connectivity index (χ2n) is 0. The van der Waals surface area contributed by atoms with Crippen LogP contribution in [-0.2, 0) is 0 Å². The fraction of sp³-hybridized carbons (Fsp3) is 0. The number of hydrogen-bond acceptors (Lipinski definition) is 2. The first kappa shape index (κ1) is 27.2.